The summed E-state index contributed by atoms with van der Waals surface area (Å²) < 4.78 is 0. The Morgan fingerprint density at radius 3 is 2.68 bits per heavy atom. The van der Waals surface area contributed by atoms with E-state index in [4.69, 9.17) is 0 Å². The molecule has 2 rings (SSSR count). The van der Waals surface area contributed by atoms with Crippen molar-refractivity contribution >= 4 is 11.8 Å². The van der Waals surface area contributed by atoms with Gasteiger partial charge in [-0.15, -0.1) is 0 Å². The minimum Gasteiger partial charge on any atom is -0.351 e. The molecule has 4 nitrogen and oxygen atoms in total. The molecular weight excluding hydrogens is 240 g/mol. The first-order valence-corrected chi connectivity index (χ1v) is 7.51. The summed E-state index contributed by atoms with van der Waals surface area (Å²) in [5.74, 6) is 0.745. The molecule has 108 valence electrons. The molecule has 2 fully saturated rings. The van der Waals surface area contributed by atoms with Crippen molar-refractivity contribution in [2.45, 2.75) is 58.4 Å². The van der Waals surface area contributed by atoms with Crippen LogP contribution in [0.2, 0.25) is 0 Å². The second-order valence-corrected chi connectivity index (χ2v) is 6.77. The molecule has 0 aromatic heterocycles. The van der Waals surface area contributed by atoms with Crippen LogP contribution in [0.15, 0.2) is 0 Å². The summed E-state index contributed by atoms with van der Waals surface area (Å²) in [7, 11) is 0. The number of likely N-dealkylation sites (tertiary alicyclic amines) is 1. The van der Waals surface area contributed by atoms with Crippen LogP contribution in [0.1, 0.15) is 52.9 Å². The molecule has 1 aliphatic heterocycles. The highest BCUT2D eigenvalue weighted by molar-refractivity contribution is 5.89. The van der Waals surface area contributed by atoms with E-state index < -0.39 is 0 Å². The first-order valence-electron chi connectivity index (χ1n) is 7.51. The molecule has 0 aromatic carbocycles. The predicted octanol–water partition coefficient (Wildman–Crippen LogP) is 1.94. The molecule has 19 heavy (non-hydrogen) atoms. The van der Waals surface area contributed by atoms with Crippen molar-refractivity contribution in [2.75, 3.05) is 13.1 Å². The quantitative estimate of drug-likeness (QED) is 0.798. The SMILES string of the molecule is CCCC(C)(C)NC(=O)C1CC(=O)N(CC2CC2)C1. The van der Waals surface area contributed by atoms with Crippen LogP contribution in [0.4, 0.5) is 0 Å². The van der Waals surface area contributed by atoms with Gasteiger partial charge in [0.25, 0.3) is 0 Å². The fraction of sp³-hybridized carbons (Fsp3) is 0.867. The first kappa shape index (κ1) is 14.4. The average Bonchev–Trinajstić information content (AvgIpc) is 3.02. The lowest BCUT2D eigenvalue weighted by atomic mass is 9.97. The molecular formula is C15H26N2O2. The molecule has 1 aliphatic carbocycles. The molecule has 0 spiro atoms. The van der Waals surface area contributed by atoms with Crippen molar-refractivity contribution in [3.05, 3.63) is 0 Å². The molecule has 0 bridgehead atoms. The Balaban J connectivity index is 1.84. The van der Waals surface area contributed by atoms with Gasteiger partial charge in [-0.1, -0.05) is 13.3 Å². The average molecular weight is 266 g/mol. The summed E-state index contributed by atoms with van der Waals surface area (Å²) in [5.41, 5.74) is -0.168. The maximum atomic E-state index is 12.2. The van der Waals surface area contributed by atoms with Crippen LogP contribution in [-0.4, -0.2) is 35.3 Å². The number of hydrogen-bond donors (Lipinski definition) is 1. The maximum absolute atomic E-state index is 12.2. The summed E-state index contributed by atoms with van der Waals surface area (Å²) in [6.07, 6.45) is 4.88. The van der Waals surface area contributed by atoms with E-state index in [1.54, 1.807) is 0 Å². The van der Waals surface area contributed by atoms with Gasteiger partial charge in [-0.2, -0.15) is 0 Å². The van der Waals surface area contributed by atoms with Crippen LogP contribution < -0.4 is 5.32 Å². The van der Waals surface area contributed by atoms with E-state index in [1.165, 1.54) is 12.8 Å². The van der Waals surface area contributed by atoms with E-state index in [9.17, 15) is 9.59 Å². The third-order valence-electron chi connectivity index (χ3n) is 4.10. The molecule has 1 atom stereocenters. The maximum Gasteiger partial charge on any atom is 0.225 e. The second-order valence-electron chi connectivity index (χ2n) is 6.77. The van der Waals surface area contributed by atoms with Gasteiger partial charge >= 0.3 is 0 Å². The lowest BCUT2D eigenvalue weighted by Crippen LogP contribution is -2.46. The Labute approximate surface area is 115 Å². The van der Waals surface area contributed by atoms with E-state index >= 15 is 0 Å². The fourth-order valence-electron chi connectivity index (χ4n) is 2.86. The zero-order valence-electron chi connectivity index (χ0n) is 12.4. The molecule has 1 N–H and O–H groups in total. The van der Waals surface area contributed by atoms with Crippen molar-refractivity contribution in [2.24, 2.45) is 11.8 Å². The zero-order valence-corrected chi connectivity index (χ0v) is 12.4. The predicted molar refractivity (Wildman–Crippen MR) is 74.5 cm³/mol. The van der Waals surface area contributed by atoms with Crippen molar-refractivity contribution in [3.63, 3.8) is 0 Å². The molecule has 2 aliphatic rings. The van der Waals surface area contributed by atoms with Gasteiger partial charge in [0.05, 0.1) is 5.92 Å². The van der Waals surface area contributed by atoms with Crippen LogP contribution >= 0.6 is 0 Å². The van der Waals surface area contributed by atoms with Gasteiger partial charge in [0.15, 0.2) is 0 Å². The number of amides is 2. The lowest BCUT2D eigenvalue weighted by Gasteiger charge is -2.27. The summed E-state index contributed by atoms with van der Waals surface area (Å²) in [5, 5.41) is 3.09. The smallest absolute Gasteiger partial charge is 0.225 e. The molecule has 1 heterocycles. The molecule has 2 amide bonds. The van der Waals surface area contributed by atoms with Crippen LogP contribution in [0, 0.1) is 11.8 Å². The third kappa shape index (κ3) is 3.95. The number of nitrogens with zero attached hydrogens (tertiary/aromatic N) is 1. The van der Waals surface area contributed by atoms with Gasteiger partial charge in [-0.3, -0.25) is 9.59 Å². The van der Waals surface area contributed by atoms with Crippen molar-refractivity contribution in [1.29, 1.82) is 0 Å². The van der Waals surface area contributed by atoms with Gasteiger partial charge in [0.1, 0.15) is 0 Å². The van der Waals surface area contributed by atoms with E-state index in [2.05, 4.69) is 12.2 Å². The minimum atomic E-state index is -0.168. The summed E-state index contributed by atoms with van der Waals surface area (Å²) in [4.78, 5) is 26.0. The molecule has 0 aromatic rings. The van der Waals surface area contributed by atoms with Crippen LogP contribution in [-0.2, 0) is 9.59 Å². The van der Waals surface area contributed by atoms with E-state index in [0.29, 0.717) is 18.9 Å². The highest BCUT2D eigenvalue weighted by Crippen LogP contribution is 2.32. The highest BCUT2D eigenvalue weighted by atomic mass is 16.2. The Morgan fingerprint density at radius 2 is 2.11 bits per heavy atom. The summed E-state index contributed by atoms with van der Waals surface area (Å²) in [6.45, 7) is 7.69. The van der Waals surface area contributed by atoms with Gasteiger partial charge in [0.2, 0.25) is 11.8 Å². The second kappa shape index (κ2) is 5.51. The van der Waals surface area contributed by atoms with Crippen LogP contribution in [0.3, 0.4) is 0 Å². The van der Waals surface area contributed by atoms with Crippen molar-refractivity contribution in [3.8, 4) is 0 Å². The summed E-state index contributed by atoms with van der Waals surface area (Å²) in [6, 6.07) is 0. The highest BCUT2D eigenvalue weighted by Gasteiger charge is 2.38. The molecule has 1 saturated heterocycles. The minimum absolute atomic E-state index is 0.0464. The van der Waals surface area contributed by atoms with Crippen LogP contribution in [0.5, 0.6) is 0 Å². The Kier molecular flexibility index (Phi) is 4.16. The van der Waals surface area contributed by atoms with Gasteiger partial charge in [-0.05, 0) is 39.0 Å². The van der Waals surface area contributed by atoms with E-state index in [-0.39, 0.29) is 23.3 Å². The normalized spacial score (nSPS) is 23.8. The first-order chi connectivity index (χ1) is 8.91. The molecule has 1 unspecified atom stereocenters. The number of rotatable bonds is 6. The number of carbonyl (C=O) groups excluding carboxylic acids is 2. The Bertz CT molecular complexity index is 361. The van der Waals surface area contributed by atoms with Crippen molar-refractivity contribution in [1.82, 2.24) is 10.2 Å². The standard InChI is InChI=1S/C15H26N2O2/c1-4-7-15(2,3)16-14(19)12-8-13(18)17(10-12)9-11-5-6-11/h11-12H,4-10H2,1-3H3,(H,16,19). The fourth-order valence-corrected chi connectivity index (χ4v) is 2.86. The topological polar surface area (TPSA) is 49.4 Å². The van der Waals surface area contributed by atoms with Crippen molar-refractivity contribution < 1.29 is 9.59 Å². The molecule has 4 heteroatoms. The number of carbonyl (C=O) groups is 2. The zero-order chi connectivity index (χ0) is 14.0. The van der Waals surface area contributed by atoms with Gasteiger partial charge < -0.3 is 10.2 Å². The van der Waals surface area contributed by atoms with Gasteiger partial charge in [0, 0.05) is 25.0 Å². The van der Waals surface area contributed by atoms with E-state index in [0.717, 1.165) is 19.4 Å². The monoisotopic (exact) mass is 266 g/mol. The number of hydrogen-bond acceptors (Lipinski definition) is 2. The summed E-state index contributed by atoms with van der Waals surface area (Å²) >= 11 is 0. The Morgan fingerprint density at radius 1 is 1.42 bits per heavy atom. The molecule has 0 radical (unpaired) electrons. The van der Waals surface area contributed by atoms with E-state index in [1.807, 2.05) is 18.7 Å². The largest absolute Gasteiger partial charge is 0.351 e. The third-order valence-corrected chi connectivity index (χ3v) is 4.10. The van der Waals surface area contributed by atoms with Crippen LogP contribution in [0.25, 0.3) is 0 Å². The Hall–Kier alpha value is -1.06. The molecule has 1 saturated carbocycles. The number of nitrogens with one attached hydrogen (secondary N) is 1. The lowest BCUT2D eigenvalue weighted by molar-refractivity contribution is -0.129. The van der Waals surface area contributed by atoms with Gasteiger partial charge in [-0.25, -0.2) is 0 Å².